The van der Waals surface area contributed by atoms with Gasteiger partial charge in [-0.3, -0.25) is 4.79 Å². The summed E-state index contributed by atoms with van der Waals surface area (Å²) in [6, 6.07) is 15.1. The molecule has 2 N–H and O–H groups in total. The molecule has 5 nitrogen and oxygen atoms in total. The number of aromatic nitrogens is 2. The molecule has 0 atom stereocenters. The molecule has 1 heterocycles. The van der Waals surface area contributed by atoms with Gasteiger partial charge in [-0.25, -0.2) is 4.98 Å². The van der Waals surface area contributed by atoms with E-state index in [9.17, 15) is 4.79 Å². The van der Waals surface area contributed by atoms with Gasteiger partial charge in [-0.2, -0.15) is 0 Å². The van der Waals surface area contributed by atoms with E-state index in [2.05, 4.69) is 4.98 Å². The number of nitrogens with two attached hydrogens (primary N) is 1. The lowest BCUT2D eigenvalue weighted by atomic mass is 10.3. The van der Waals surface area contributed by atoms with Gasteiger partial charge >= 0.3 is 0 Å². The van der Waals surface area contributed by atoms with Gasteiger partial charge in [0.2, 0.25) is 5.91 Å². The number of para-hydroxylation sites is 2. The fourth-order valence-electron chi connectivity index (χ4n) is 2.30. The maximum Gasteiger partial charge on any atom is 0.227 e. The van der Waals surface area contributed by atoms with E-state index in [-0.39, 0.29) is 11.7 Å². The maximum atomic E-state index is 11.1. The molecule has 0 aliphatic rings. The molecule has 3 aromatic rings. The molecule has 0 aliphatic heterocycles. The van der Waals surface area contributed by atoms with Gasteiger partial charge in [0, 0.05) is 5.02 Å². The van der Waals surface area contributed by atoms with Crippen molar-refractivity contribution in [3.8, 4) is 5.75 Å². The summed E-state index contributed by atoms with van der Waals surface area (Å²) >= 11 is 7.20. The number of rotatable bonds is 7. The molecule has 124 valence electrons. The molecule has 0 spiro atoms. The van der Waals surface area contributed by atoms with Crippen molar-refractivity contribution in [2.45, 2.75) is 11.7 Å². The summed E-state index contributed by atoms with van der Waals surface area (Å²) in [5, 5.41) is 1.43. The summed E-state index contributed by atoms with van der Waals surface area (Å²) < 4.78 is 7.80. The Bertz CT molecular complexity index is 849. The lowest BCUT2D eigenvalue weighted by Gasteiger charge is -2.10. The Morgan fingerprint density at radius 3 is 2.71 bits per heavy atom. The molecule has 3 rings (SSSR count). The van der Waals surface area contributed by atoms with E-state index in [0.29, 0.717) is 18.2 Å². The van der Waals surface area contributed by atoms with Crippen LogP contribution in [0.4, 0.5) is 0 Å². The van der Waals surface area contributed by atoms with E-state index in [1.54, 1.807) is 12.1 Å². The van der Waals surface area contributed by atoms with Crippen LogP contribution in [0, 0.1) is 0 Å². The van der Waals surface area contributed by atoms with Crippen molar-refractivity contribution in [3.05, 3.63) is 53.6 Å². The number of fused-ring (bicyclic) bond motifs is 1. The SMILES string of the molecule is NC(=O)CSc1nc2ccccc2n1CCOc1ccc(Cl)cc1. The summed E-state index contributed by atoms with van der Waals surface area (Å²) in [7, 11) is 0. The number of carbonyl (C=O) groups excluding carboxylic acids is 1. The second kappa shape index (κ2) is 7.59. The lowest BCUT2D eigenvalue weighted by molar-refractivity contribution is -0.115. The first-order valence-corrected chi connectivity index (χ1v) is 8.74. The van der Waals surface area contributed by atoms with Gasteiger partial charge in [0.15, 0.2) is 5.16 Å². The quantitative estimate of drug-likeness (QED) is 0.655. The minimum Gasteiger partial charge on any atom is -0.492 e. The molecule has 0 radical (unpaired) electrons. The maximum absolute atomic E-state index is 11.1. The molecule has 0 saturated carbocycles. The van der Waals surface area contributed by atoms with Crippen molar-refractivity contribution in [1.82, 2.24) is 9.55 Å². The molecule has 7 heteroatoms. The van der Waals surface area contributed by atoms with Gasteiger partial charge < -0.3 is 15.0 Å². The molecule has 0 fully saturated rings. The minimum absolute atomic E-state index is 0.196. The van der Waals surface area contributed by atoms with Crippen molar-refractivity contribution >= 4 is 40.3 Å². The first kappa shape index (κ1) is 16.7. The lowest BCUT2D eigenvalue weighted by Crippen LogP contribution is -2.14. The van der Waals surface area contributed by atoms with Crippen molar-refractivity contribution in [2.75, 3.05) is 12.4 Å². The average Bonchev–Trinajstić information content (AvgIpc) is 2.93. The first-order valence-electron chi connectivity index (χ1n) is 7.38. The van der Waals surface area contributed by atoms with Gasteiger partial charge in [-0.05, 0) is 36.4 Å². The van der Waals surface area contributed by atoms with Gasteiger partial charge in [-0.1, -0.05) is 35.5 Å². The molecule has 0 saturated heterocycles. The smallest absolute Gasteiger partial charge is 0.227 e. The van der Waals surface area contributed by atoms with Crippen molar-refractivity contribution in [1.29, 1.82) is 0 Å². The highest BCUT2D eigenvalue weighted by Crippen LogP contribution is 2.24. The summed E-state index contributed by atoms with van der Waals surface area (Å²) in [5.41, 5.74) is 7.13. The third-order valence-corrected chi connectivity index (χ3v) is 4.61. The zero-order valence-electron chi connectivity index (χ0n) is 12.8. The zero-order valence-corrected chi connectivity index (χ0v) is 14.4. The van der Waals surface area contributed by atoms with Gasteiger partial charge in [0.25, 0.3) is 0 Å². The van der Waals surface area contributed by atoms with Crippen LogP contribution < -0.4 is 10.5 Å². The monoisotopic (exact) mass is 361 g/mol. The molecular weight excluding hydrogens is 346 g/mol. The Morgan fingerprint density at radius 2 is 1.96 bits per heavy atom. The Labute approximate surface area is 148 Å². The van der Waals surface area contributed by atoms with E-state index >= 15 is 0 Å². The number of hydrogen-bond donors (Lipinski definition) is 1. The zero-order chi connectivity index (χ0) is 16.9. The molecule has 1 amide bonds. The minimum atomic E-state index is -0.365. The molecule has 2 aromatic carbocycles. The predicted octanol–water partition coefficient (Wildman–Crippen LogP) is 3.35. The fourth-order valence-corrected chi connectivity index (χ4v) is 3.21. The number of ether oxygens (including phenoxy) is 1. The van der Waals surface area contributed by atoms with E-state index in [0.717, 1.165) is 21.9 Å². The summed E-state index contributed by atoms with van der Waals surface area (Å²) in [6.45, 7) is 1.09. The number of halogens is 1. The van der Waals surface area contributed by atoms with Gasteiger partial charge in [0.05, 0.1) is 23.3 Å². The second-order valence-electron chi connectivity index (χ2n) is 5.09. The van der Waals surface area contributed by atoms with Crippen molar-refractivity contribution in [3.63, 3.8) is 0 Å². The molecule has 1 aromatic heterocycles. The number of amides is 1. The Balaban J connectivity index is 1.75. The standard InChI is InChI=1S/C17H16ClN3O2S/c18-12-5-7-13(8-6-12)23-10-9-21-15-4-2-1-3-14(15)20-17(21)24-11-16(19)22/h1-8H,9-11H2,(H2,19,22). The fraction of sp³-hybridized carbons (Fsp3) is 0.176. The number of imidazole rings is 1. The van der Waals surface area contributed by atoms with Crippen LogP contribution in [0.5, 0.6) is 5.75 Å². The van der Waals surface area contributed by atoms with Crippen LogP contribution in [0.2, 0.25) is 5.02 Å². The Kier molecular flexibility index (Phi) is 5.27. The van der Waals surface area contributed by atoms with Crippen LogP contribution in [0.3, 0.4) is 0 Å². The van der Waals surface area contributed by atoms with Crippen LogP contribution in [-0.4, -0.2) is 27.8 Å². The van der Waals surface area contributed by atoms with Gasteiger partial charge in [-0.15, -0.1) is 0 Å². The van der Waals surface area contributed by atoms with Crippen molar-refractivity contribution < 1.29 is 9.53 Å². The summed E-state index contributed by atoms with van der Waals surface area (Å²) in [5.74, 6) is 0.590. The Morgan fingerprint density at radius 1 is 1.21 bits per heavy atom. The first-order chi connectivity index (χ1) is 11.6. The normalized spacial score (nSPS) is 10.9. The number of carbonyl (C=O) groups is 1. The number of benzene rings is 2. The van der Waals surface area contributed by atoms with E-state index in [1.165, 1.54) is 11.8 Å². The summed E-state index contributed by atoms with van der Waals surface area (Å²) in [4.78, 5) is 15.6. The van der Waals surface area contributed by atoms with E-state index in [1.807, 2.05) is 41.0 Å². The van der Waals surface area contributed by atoms with Crippen LogP contribution in [0.15, 0.2) is 53.7 Å². The predicted molar refractivity (Wildman–Crippen MR) is 96.6 cm³/mol. The molecular formula is C17H16ClN3O2S. The highest BCUT2D eigenvalue weighted by molar-refractivity contribution is 7.99. The van der Waals surface area contributed by atoms with E-state index < -0.39 is 0 Å². The van der Waals surface area contributed by atoms with Crippen LogP contribution in [0.25, 0.3) is 11.0 Å². The number of thioether (sulfide) groups is 1. The largest absolute Gasteiger partial charge is 0.492 e. The van der Waals surface area contributed by atoms with Crippen LogP contribution in [-0.2, 0) is 11.3 Å². The van der Waals surface area contributed by atoms with Gasteiger partial charge in [0.1, 0.15) is 12.4 Å². The van der Waals surface area contributed by atoms with Crippen LogP contribution in [0.1, 0.15) is 0 Å². The summed E-state index contributed by atoms with van der Waals surface area (Å²) in [6.07, 6.45) is 0. The third kappa shape index (κ3) is 4.01. The number of hydrogen-bond acceptors (Lipinski definition) is 4. The molecule has 0 aliphatic carbocycles. The second-order valence-corrected chi connectivity index (χ2v) is 6.47. The van der Waals surface area contributed by atoms with Crippen molar-refractivity contribution in [2.24, 2.45) is 5.73 Å². The van der Waals surface area contributed by atoms with E-state index in [4.69, 9.17) is 22.1 Å². The highest BCUT2D eigenvalue weighted by Gasteiger charge is 2.12. The Hall–Kier alpha value is -2.18. The molecule has 24 heavy (non-hydrogen) atoms. The topological polar surface area (TPSA) is 70.1 Å². The number of nitrogens with zero attached hydrogens (tertiary/aromatic N) is 2. The average molecular weight is 362 g/mol. The third-order valence-electron chi connectivity index (χ3n) is 3.36. The number of primary amides is 1. The molecule has 0 bridgehead atoms. The van der Waals surface area contributed by atoms with Crippen LogP contribution >= 0.6 is 23.4 Å². The molecule has 0 unspecified atom stereocenters. The highest BCUT2D eigenvalue weighted by atomic mass is 35.5.